The van der Waals surface area contributed by atoms with Gasteiger partial charge < -0.3 is 5.11 Å². The summed E-state index contributed by atoms with van der Waals surface area (Å²) >= 11 is 0. The number of piperidine rings is 1. The van der Waals surface area contributed by atoms with Crippen LogP contribution < -0.4 is 0 Å². The molecule has 0 amide bonds. The predicted molar refractivity (Wildman–Crippen MR) is 55.0 cm³/mol. The fourth-order valence-corrected chi connectivity index (χ4v) is 2.24. The minimum Gasteiger partial charge on any atom is -0.393 e. The molecule has 14 heavy (non-hydrogen) atoms. The molecule has 0 aromatic carbocycles. The fourth-order valence-electron chi connectivity index (χ4n) is 2.24. The normalized spacial score (nSPS) is 35.6. The van der Waals surface area contributed by atoms with Gasteiger partial charge in [0, 0.05) is 12.1 Å². The zero-order valence-corrected chi connectivity index (χ0v) is 9.60. The van der Waals surface area contributed by atoms with Gasteiger partial charge in [0.2, 0.25) is 0 Å². The van der Waals surface area contributed by atoms with Crippen molar-refractivity contribution < 1.29 is 10.3 Å². The molecule has 1 aliphatic rings. The van der Waals surface area contributed by atoms with E-state index in [1.807, 2.05) is 27.7 Å². The Bertz CT molecular complexity index is 164. The summed E-state index contributed by atoms with van der Waals surface area (Å²) in [6, 6.07) is -0.0164. The Morgan fingerprint density at radius 2 is 1.43 bits per heavy atom. The lowest BCUT2D eigenvalue weighted by Crippen LogP contribution is -2.52. The first-order chi connectivity index (χ1) is 6.43. The molecule has 0 saturated carbocycles. The second-order valence-corrected chi connectivity index (χ2v) is 5.11. The van der Waals surface area contributed by atoms with Crippen molar-refractivity contribution in [3.8, 4) is 0 Å². The van der Waals surface area contributed by atoms with E-state index in [9.17, 15) is 10.3 Å². The van der Waals surface area contributed by atoms with E-state index in [0.29, 0.717) is 24.7 Å². The number of aliphatic hydroxyl groups is 1. The summed E-state index contributed by atoms with van der Waals surface area (Å²) in [4.78, 5) is 0. The average Bonchev–Trinajstić information content (AvgIpc) is 2.07. The first kappa shape index (κ1) is 12.0. The minimum atomic E-state index is -0.292. The van der Waals surface area contributed by atoms with Crippen molar-refractivity contribution >= 4 is 0 Å². The van der Waals surface area contributed by atoms with Crippen LogP contribution in [-0.2, 0) is 5.21 Å². The first-order valence-electron chi connectivity index (χ1n) is 5.57. The van der Waals surface area contributed by atoms with E-state index in [-0.39, 0.29) is 18.2 Å². The van der Waals surface area contributed by atoms with Gasteiger partial charge in [-0.25, -0.2) is 0 Å². The third kappa shape index (κ3) is 2.47. The summed E-state index contributed by atoms with van der Waals surface area (Å²) in [6.07, 6.45) is 0.967. The van der Waals surface area contributed by atoms with Gasteiger partial charge in [0.25, 0.3) is 0 Å². The summed E-state index contributed by atoms with van der Waals surface area (Å²) in [7, 11) is 0. The number of hydrogen-bond donors (Lipinski definition) is 1. The molecule has 1 N–H and O–H groups in total. The Balaban J connectivity index is 2.70. The SMILES string of the molecule is CC(C)C1CC(O)CC(C(C)C)N1[O]. The molecule has 1 heterocycles. The molecule has 0 aromatic heterocycles. The maximum Gasteiger partial charge on any atom is 0.0572 e. The van der Waals surface area contributed by atoms with E-state index in [1.54, 1.807) is 0 Å². The average molecular weight is 200 g/mol. The Labute approximate surface area is 86.7 Å². The van der Waals surface area contributed by atoms with E-state index in [1.165, 1.54) is 5.06 Å². The lowest BCUT2D eigenvalue weighted by molar-refractivity contribution is -0.258. The summed E-state index contributed by atoms with van der Waals surface area (Å²) < 4.78 is 0. The molecule has 1 aliphatic heterocycles. The molecular formula is C11H22NO2. The van der Waals surface area contributed by atoms with Gasteiger partial charge in [-0.2, -0.15) is 0 Å². The second-order valence-electron chi connectivity index (χ2n) is 5.11. The largest absolute Gasteiger partial charge is 0.393 e. The van der Waals surface area contributed by atoms with Crippen molar-refractivity contribution in [3.63, 3.8) is 0 Å². The maximum atomic E-state index is 12.0. The summed E-state index contributed by atoms with van der Waals surface area (Å²) in [5.74, 6) is 0.646. The van der Waals surface area contributed by atoms with E-state index in [2.05, 4.69) is 0 Å². The highest BCUT2D eigenvalue weighted by atomic mass is 16.5. The van der Waals surface area contributed by atoms with Gasteiger partial charge in [0.15, 0.2) is 0 Å². The molecular weight excluding hydrogens is 178 g/mol. The molecule has 83 valence electrons. The smallest absolute Gasteiger partial charge is 0.0572 e. The molecule has 2 unspecified atom stereocenters. The van der Waals surface area contributed by atoms with Crippen LogP contribution in [0.3, 0.4) is 0 Å². The maximum absolute atomic E-state index is 12.0. The van der Waals surface area contributed by atoms with Crippen LogP contribution in [0.15, 0.2) is 0 Å². The van der Waals surface area contributed by atoms with Crippen LogP contribution >= 0.6 is 0 Å². The third-order valence-corrected chi connectivity index (χ3v) is 3.22. The number of nitrogens with zero attached hydrogens (tertiary/aromatic N) is 1. The lowest BCUT2D eigenvalue weighted by Gasteiger charge is -2.41. The van der Waals surface area contributed by atoms with Crippen molar-refractivity contribution in [2.75, 3.05) is 0 Å². The van der Waals surface area contributed by atoms with Crippen molar-refractivity contribution in [3.05, 3.63) is 0 Å². The zero-order valence-electron chi connectivity index (χ0n) is 9.60. The quantitative estimate of drug-likeness (QED) is 0.739. The van der Waals surface area contributed by atoms with Crippen LogP contribution in [0, 0.1) is 11.8 Å². The molecule has 0 aromatic rings. The van der Waals surface area contributed by atoms with Crippen LogP contribution in [0.1, 0.15) is 40.5 Å². The highest BCUT2D eigenvalue weighted by molar-refractivity contribution is 4.87. The highest BCUT2D eigenvalue weighted by Crippen LogP contribution is 2.30. The van der Waals surface area contributed by atoms with Gasteiger partial charge in [-0.05, 0) is 24.7 Å². The van der Waals surface area contributed by atoms with Crippen LogP contribution in [0.25, 0.3) is 0 Å². The predicted octanol–water partition coefficient (Wildman–Crippen LogP) is 1.84. The van der Waals surface area contributed by atoms with Crippen molar-refractivity contribution in [1.29, 1.82) is 0 Å². The number of rotatable bonds is 2. The number of hydrogen-bond acceptors (Lipinski definition) is 2. The monoisotopic (exact) mass is 200 g/mol. The molecule has 0 bridgehead atoms. The molecule has 0 spiro atoms. The minimum absolute atomic E-state index is 0.00819. The summed E-state index contributed by atoms with van der Waals surface area (Å²) in [6.45, 7) is 8.19. The van der Waals surface area contributed by atoms with Gasteiger partial charge in [-0.3, -0.25) is 0 Å². The number of hydroxylamine groups is 2. The van der Waals surface area contributed by atoms with Gasteiger partial charge in [0.05, 0.1) is 6.10 Å². The van der Waals surface area contributed by atoms with Crippen molar-refractivity contribution in [1.82, 2.24) is 5.06 Å². The molecule has 1 saturated heterocycles. The van der Waals surface area contributed by atoms with Crippen molar-refractivity contribution in [2.45, 2.75) is 58.7 Å². The van der Waals surface area contributed by atoms with E-state index in [4.69, 9.17) is 0 Å². The first-order valence-corrected chi connectivity index (χ1v) is 5.57. The summed E-state index contributed by atoms with van der Waals surface area (Å²) in [5, 5.41) is 22.9. The molecule has 1 radical (unpaired) electrons. The Hall–Kier alpha value is -0.120. The standard InChI is InChI=1S/C11H22NO2/c1-7(2)10-5-9(13)6-11(8(3)4)12(10)14/h7-11,13H,5-6H2,1-4H3. The third-order valence-electron chi connectivity index (χ3n) is 3.22. The molecule has 0 aliphatic carbocycles. The number of aliphatic hydroxyl groups excluding tert-OH is 1. The molecule has 1 rings (SSSR count). The van der Waals surface area contributed by atoms with Crippen LogP contribution in [0.5, 0.6) is 0 Å². The van der Waals surface area contributed by atoms with Gasteiger partial charge >= 0.3 is 0 Å². The Kier molecular flexibility index (Phi) is 3.93. The molecule has 2 atom stereocenters. The van der Waals surface area contributed by atoms with Crippen LogP contribution in [0.2, 0.25) is 0 Å². The van der Waals surface area contributed by atoms with Gasteiger partial charge in [0.1, 0.15) is 0 Å². The lowest BCUT2D eigenvalue weighted by atomic mass is 9.85. The van der Waals surface area contributed by atoms with Crippen LogP contribution in [0.4, 0.5) is 0 Å². The van der Waals surface area contributed by atoms with E-state index < -0.39 is 0 Å². The highest BCUT2D eigenvalue weighted by Gasteiger charge is 2.38. The molecule has 3 heteroatoms. The van der Waals surface area contributed by atoms with Gasteiger partial charge in [-0.15, -0.1) is 10.3 Å². The fraction of sp³-hybridized carbons (Fsp3) is 1.00. The Morgan fingerprint density at radius 3 is 1.71 bits per heavy atom. The molecule has 1 fully saturated rings. The van der Waals surface area contributed by atoms with E-state index >= 15 is 0 Å². The zero-order chi connectivity index (χ0) is 10.9. The summed E-state index contributed by atoms with van der Waals surface area (Å²) in [5.41, 5.74) is 0. The van der Waals surface area contributed by atoms with Crippen LogP contribution in [-0.4, -0.2) is 28.4 Å². The Morgan fingerprint density at radius 1 is 1.07 bits per heavy atom. The van der Waals surface area contributed by atoms with Gasteiger partial charge in [-0.1, -0.05) is 27.7 Å². The topological polar surface area (TPSA) is 43.4 Å². The molecule has 3 nitrogen and oxygen atoms in total. The second kappa shape index (κ2) is 4.60. The van der Waals surface area contributed by atoms with Crippen molar-refractivity contribution in [2.24, 2.45) is 11.8 Å². The van der Waals surface area contributed by atoms with E-state index in [0.717, 1.165) is 0 Å².